The topological polar surface area (TPSA) is 106 Å². The van der Waals surface area contributed by atoms with Gasteiger partial charge in [-0.3, -0.25) is 0 Å². The number of hydrogen-bond acceptors (Lipinski definition) is 5. The monoisotopic (exact) mass is 185 g/mol. The van der Waals surface area contributed by atoms with Crippen LogP contribution in [0.3, 0.4) is 0 Å². The van der Waals surface area contributed by atoms with Gasteiger partial charge in [-0.05, 0) is 8.69 Å². The van der Waals surface area contributed by atoms with Crippen molar-refractivity contribution in [3.8, 4) is 0 Å². The van der Waals surface area contributed by atoms with Crippen molar-refractivity contribution in [2.75, 3.05) is 6.54 Å². The third kappa shape index (κ3) is 54.5. The summed E-state index contributed by atoms with van der Waals surface area (Å²) < 4.78 is 8.46. The molecule has 0 saturated heterocycles. The van der Waals surface area contributed by atoms with Crippen LogP contribution in [0.2, 0.25) is 0 Å². The fourth-order valence-corrected chi connectivity index (χ4v) is 0. The molecular formula is C2H6NNa2O4P. The van der Waals surface area contributed by atoms with Crippen LogP contribution in [-0.2, 0) is 9.36 Å². The van der Waals surface area contributed by atoms with Crippen LogP contribution in [0.4, 0.5) is 0 Å². The smallest absolute Gasteiger partial charge is 0.804 e. The minimum atomic E-state index is -1.75. The normalized spacial score (nSPS) is 6.60. The molecule has 0 rings (SSSR count). The first-order valence-corrected chi connectivity index (χ1v) is 2.58. The quantitative estimate of drug-likeness (QED) is 0.322. The fraction of sp³-hybridized carbons (Fsp3) is 0.500. The van der Waals surface area contributed by atoms with E-state index in [0.717, 1.165) is 0 Å². The van der Waals surface area contributed by atoms with Gasteiger partial charge >= 0.3 is 59.1 Å². The summed E-state index contributed by atoms with van der Waals surface area (Å²) in [6.07, 6.45) is 0. The molecule has 50 valence electrons. The van der Waals surface area contributed by atoms with E-state index in [1.165, 1.54) is 0 Å². The van der Waals surface area contributed by atoms with E-state index < -0.39 is 14.7 Å². The average molecular weight is 185 g/mol. The van der Waals surface area contributed by atoms with E-state index in [-0.39, 0.29) is 65.7 Å². The summed E-state index contributed by atoms with van der Waals surface area (Å²) in [4.78, 5) is 17.6. The Balaban J connectivity index is -0.0000000326. The van der Waals surface area contributed by atoms with Crippen LogP contribution in [-0.4, -0.2) is 12.5 Å². The molecule has 5 nitrogen and oxygen atoms in total. The number of carbonyl (C=O) groups is 1. The zero-order chi connectivity index (χ0) is 6.99. The summed E-state index contributed by atoms with van der Waals surface area (Å²) in [6.45, 7) is -0.389. The van der Waals surface area contributed by atoms with Crippen molar-refractivity contribution in [3.05, 3.63) is 0 Å². The molecule has 0 spiro atoms. The molecular weight excluding hydrogens is 179 g/mol. The fourth-order valence-electron chi connectivity index (χ4n) is 0. The summed E-state index contributed by atoms with van der Waals surface area (Å²) >= 11 is 0. The second-order valence-electron chi connectivity index (χ2n) is 0.672. The van der Waals surface area contributed by atoms with Gasteiger partial charge in [0.05, 0.1) is 5.97 Å². The Morgan fingerprint density at radius 3 is 1.60 bits per heavy atom. The largest absolute Gasteiger partial charge is 1.00 e. The molecule has 0 aliphatic carbocycles. The van der Waals surface area contributed by atoms with Gasteiger partial charge in [0, 0.05) is 6.54 Å². The predicted octanol–water partition coefficient (Wildman–Crippen LogP) is -9.28. The molecule has 0 aliphatic rings. The molecule has 10 heavy (non-hydrogen) atoms. The van der Waals surface area contributed by atoms with Crippen LogP contribution >= 0.6 is 8.69 Å². The molecule has 0 aromatic heterocycles. The summed E-state index contributed by atoms with van der Waals surface area (Å²) in [5.74, 6) is -1.22. The van der Waals surface area contributed by atoms with Crippen molar-refractivity contribution in [3.63, 3.8) is 0 Å². The first kappa shape index (κ1) is 22.6. The summed E-state index contributed by atoms with van der Waals surface area (Å²) in [5.41, 5.74) is 4.51. The van der Waals surface area contributed by atoms with Crippen molar-refractivity contribution in [2.24, 2.45) is 5.73 Å². The Hall–Kier alpha value is 1.62. The molecule has 2 N–H and O–H groups in total. The van der Waals surface area contributed by atoms with Crippen LogP contribution in [0.15, 0.2) is 0 Å². The van der Waals surface area contributed by atoms with Crippen LogP contribution < -0.4 is 74.8 Å². The zero-order valence-corrected chi connectivity index (χ0v) is 11.1. The van der Waals surface area contributed by atoms with Crippen LogP contribution in [0.1, 0.15) is 0 Å². The number of carboxylic acids is 1. The van der Waals surface area contributed by atoms with Gasteiger partial charge in [-0.25, -0.2) is 0 Å². The first-order valence-electron chi connectivity index (χ1n) is 1.64. The number of carbonyl (C=O) groups excluding carboxylic acids is 1. The van der Waals surface area contributed by atoms with E-state index in [9.17, 15) is 0 Å². The predicted molar refractivity (Wildman–Crippen MR) is 24.5 cm³/mol. The van der Waals surface area contributed by atoms with E-state index in [2.05, 4.69) is 5.73 Å². The number of carboxylic acid groups (broad SMARTS) is 1. The maximum Gasteiger partial charge on any atom is 1.00 e. The molecule has 0 amide bonds. The van der Waals surface area contributed by atoms with Crippen molar-refractivity contribution in [2.45, 2.75) is 0 Å². The molecule has 0 aromatic carbocycles. The summed E-state index contributed by atoms with van der Waals surface area (Å²) in [5, 5.41) is 9.13. The van der Waals surface area contributed by atoms with E-state index in [1.54, 1.807) is 0 Å². The number of aliphatic carboxylic acids is 1. The van der Waals surface area contributed by atoms with Gasteiger partial charge in [0.1, 0.15) is 0 Å². The molecule has 0 radical (unpaired) electrons. The Bertz CT molecular complexity index is 81.7. The summed E-state index contributed by atoms with van der Waals surface area (Å²) in [6, 6.07) is 0. The minimum absolute atomic E-state index is 0. The third-order valence-corrected chi connectivity index (χ3v) is 0.167. The van der Waals surface area contributed by atoms with Crippen molar-refractivity contribution in [1.82, 2.24) is 0 Å². The van der Waals surface area contributed by atoms with Crippen molar-refractivity contribution < 1.29 is 78.5 Å². The Morgan fingerprint density at radius 1 is 1.50 bits per heavy atom. The average Bonchev–Trinajstić information content (AvgIpc) is 1.69. The second kappa shape index (κ2) is 22.4. The minimum Gasteiger partial charge on any atom is -0.804 e. The maximum absolute atomic E-state index is 9.13. The Kier molecular flexibility index (Phi) is 50.6. The van der Waals surface area contributed by atoms with Gasteiger partial charge in [0.15, 0.2) is 0 Å². The van der Waals surface area contributed by atoms with E-state index in [1.807, 2.05) is 0 Å². The SMILES string of the molecule is NCC(=O)[O-].O=[PH2][O-].[Na+].[Na+]. The Morgan fingerprint density at radius 2 is 1.60 bits per heavy atom. The summed E-state index contributed by atoms with van der Waals surface area (Å²) in [7, 11) is -1.75. The second-order valence-corrected chi connectivity index (χ2v) is 0.865. The van der Waals surface area contributed by atoms with Crippen molar-refractivity contribution >= 4 is 14.7 Å². The maximum atomic E-state index is 9.13. The molecule has 1 atom stereocenters. The molecule has 0 bridgehead atoms. The number of rotatable bonds is 1. The van der Waals surface area contributed by atoms with Crippen molar-refractivity contribution in [1.29, 1.82) is 0 Å². The molecule has 1 unspecified atom stereocenters. The first-order chi connectivity index (χ1) is 3.68. The van der Waals surface area contributed by atoms with Gasteiger partial charge in [-0.15, -0.1) is 0 Å². The van der Waals surface area contributed by atoms with Gasteiger partial charge in [0.25, 0.3) is 0 Å². The van der Waals surface area contributed by atoms with Crippen LogP contribution in [0.5, 0.6) is 0 Å². The molecule has 0 aromatic rings. The van der Waals surface area contributed by atoms with Gasteiger partial charge in [-0.2, -0.15) is 0 Å². The standard InChI is InChI=1S/C2H5NO2.2Na.H3O2P/c3-1-2(4)5;;;1-3-2/h1,3H2,(H,4,5);;;3H2,(H,1,2)/q;2*+1;/p-2. The molecule has 0 saturated carbocycles. The number of nitrogens with two attached hydrogens (primary N) is 1. The Labute approximate surface area is 104 Å². The van der Waals surface area contributed by atoms with Gasteiger partial charge in [-0.1, -0.05) is 0 Å². The molecule has 0 heterocycles. The third-order valence-electron chi connectivity index (χ3n) is 0.167. The molecule has 0 fully saturated rings. The van der Waals surface area contributed by atoms with E-state index in [0.29, 0.717) is 0 Å². The molecule has 8 heteroatoms. The van der Waals surface area contributed by atoms with E-state index in [4.69, 9.17) is 19.4 Å². The van der Waals surface area contributed by atoms with Crippen LogP contribution in [0.25, 0.3) is 0 Å². The van der Waals surface area contributed by atoms with Gasteiger partial charge in [0.2, 0.25) is 0 Å². The van der Waals surface area contributed by atoms with Gasteiger partial charge < -0.3 is 25.1 Å². The van der Waals surface area contributed by atoms with Crippen LogP contribution in [0, 0.1) is 0 Å². The molecule has 0 aliphatic heterocycles. The van der Waals surface area contributed by atoms with E-state index >= 15 is 0 Å². The zero-order valence-electron chi connectivity index (χ0n) is 5.99. The number of hydrogen-bond donors (Lipinski definition) is 1.